The molecule has 0 radical (unpaired) electrons. The minimum atomic E-state index is 0.0194. The third-order valence-corrected chi connectivity index (χ3v) is 4.54. The molecule has 0 spiro atoms. The van der Waals surface area contributed by atoms with Gasteiger partial charge in [0, 0.05) is 23.7 Å². The highest BCUT2D eigenvalue weighted by Gasteiger charge is 2.21. The average Bonchev–Trinajstić information content (AvgIpc) is 2.64. The molecule has 0 bridgehead atoms. The molecule has 1 heterocycles. The summed E-state index contributed by atoms with van der Waals surface area (Å²) < 4.78 is 11.2. The quantitative estimate of drug-likeness (QED) is 0.799. The lowest BCUT2D eigenvalue weighted by atomic mass is 10.00. The highest BCUT2D eigenvalue weighted by atomic mass is 16.5. The van der Waals surface area contributed by atoms with E-state index in [4.69, 9.17) is 9.47 Å². The molecule has 26 heavy (non-hydrogen) atoms. The van der Waals surface area contributed by atoms with Crippen LogP contribution in [0.4, 0.5) is 5.69 Å². The Balaban J connectivity index is 1.60. The molecule has 2 N–H and O–H groups in total. The lowest BCUT2D eigenvalue weighted by molar-refractivity contribution is -0.907. The second-order valence-electron chi connectivity index (χ2n) is 6.45. The molecule has 2 aromatic carbocycles. The highest BCUT2D eigenvalue weighted by molar-refractivity contribution is 5.91. The Morgan fingerprint density at radius 1 is 1.04 bits per heavy atom. The maximum atomic E-state index is 12.5. The van der Waals surface area contributed by atoms with Crippen LogP contribution in [0.3, 0.4) is 0 Å². The van der Waals surface area contributed by atoms with Crippen LogP contribution in [-0.2, 0) is 17.8 Å². The summed E-state index contributed by atoms with van der Waals surface area (Å²) >= 11 is 0. The fourth-order valence-electron chi connectivity index (χ4n) is 3.36. The lowest BCUT2D eigenvalue weighted by Crippen LogP contribution is -3.12. The molecule has 5 heteroatoms. The molecule has 3 rings (SSSR count). The number of quaternary nitrogens is 1. The lowest BCUT2D eigenvalue weighted by Gasteiger charge is -2.25. The Morgan fingerprint density at radius 3 is 2.54 bits per heavy atom. The molecule has 1 aliphatic heterocycles. The SMILES string of the molecule is CCOc1ccc(NC(=O)C[NH+]2CCc3ccccc3C2)cc1OCC. The first-order valence-corrected chi connectivity index (χ1v) is 9.29. The van der Waals surface area contributed by atoms with Crippen LogP contribution >= 0.6 is 0 Å². The van der Waals surface area contributed by atoms with Crippen LogP contribution in [-0.4, -0.2) is 32.2 Å². The Labute approximate surface area is 154 Å². The Hall–Kier alpha value is -2.53. The number of hydrogen-bond acceptors (Lipinski definition) is 3. The van der Waals surface area contributed by atoms with Gasteiger partial charge in [-0.25, -0.2) is 0 Å². The Morgan fingerprint density at radius 2 is 1.77 bits per heavy atom. The van der Waals surface area contributed by atoms with Gasteiger partial charge in [0.1, 0.15) is 6.54 Å². The number of fused-ring (bicyclic) bond motifs is 1. The zero-order valence-electron chi connectivity index (χ0n) is 15.5. The molecule has 0 saturated heterocycles. The molecule has 138 valence electrons. The number of anilines is 1. The number of ether oxygens (including phenoxy) is 2. The van der Waals surface area contributed by atoms with E-state index in [9.17, 15) is 4.79 Å². The molecule has 1 unspecified atom stereocenters. The summed E-state index contributed by atoms with van der Waals surface area (Å²) in [5.41, 5.74) is 3.49. The van der Waals surface area contributed by atoms with Crippen molar-refractivity contribution in [1.82, 2.24) is 0 Å². The summed E-state index contributed by atoms with van der Waals surface area (Å²) in [7, 11) is 0. The molecule has 1 atom stereocenters. The molecular weight excluding hydrogens is 328 g/mol. The van der Waals surface area contributed by atoms with Crippen molar-refractivity contribution in [2.45, 2.75) is 26.8 Å². The van der Waals surface area contributed by atoms with Crippen molar-refractivity contribution in [1.29, 1.82) is 0 Å². The van der Waals surface area contributed by atoms with Gasteiger partial charge in [-0.3, -0.25) is 4.79 Å². The van der Waals surface area contributed by atoms with Crippen LogP contribution in [0.1, 0.15) is 25.0 Å². The summed E-state index contributed by atoms with van der Waals surface area (Å²) in [6.45, 7) is 7.34. The van der Waals surface area contributed by atoms with Gasteiger partial charge in [-0.1, -0.05) is 24.3 Å². The van der Waals surface area contributed by atoms with Gasteiger partial charge < -0.3 is 19.7 Å². The van der Waals surface area contributed by atoms with Crippen LogP contribution in [0.5, 0.6) is 11.5 Å². The van der Waals surface area contributed by atoms with Gasteiger partial charge in [-0.15, -0.1) is 0 Å². The average molecular weight is 355 g/mol. The predicted octanol–water partition coefficient (Wildman–Crippen LogP) is 2.06. The molecule has 5 nitrogen and oxygen atoms in total. The van der Waals surface area contributed by atoms with Crippen molar-refractivity contribution in [3.63, 3.8) is 0 Å². The number of rotatable bonds is 7. The Bertz CT molecular complexity index is 761. The van der Waals surface area contributed by atoms with E-state index in [-0.39, 0.29) is 5.91 Å². The van der Waals surface area contributed by atoms with Gasteiger partial charge in [0.15, 0.2) is 18.0 Å². The fourth-order valence-corrected chi connectivity index (χ4v) is 3.36. The summed E-state index contributed by atoms with van der Waals surface area (Å²) in [4.78, 5) is 13.8. The first-order valence-electron chi connectivity index (χ1n) is 9.29. The van der Waals surface area contributed by atoms with Crippen molar-refractivity contribution < 1.29 is 19.2 Å². The smallest absolute Gasteiger partial charge is 0.279 e. The van der Waals surface area contributed by atoms with E-state index in [2.05, 4.69) is 29.6 Å². The molecule has 0 fully saturated rings. The predicted molar refractivity (Wildman–Crippen MR) is 102 cm³/mol. The molecule has 0 aliphatic carbocycles. The minimum absolute atomic E-state index is 0.0194. The summed E-state index contributed by atoms with van der Waals surface area (Å²) in [6.07, 6.45) is 1.02. The molecule has 1 amide bonds. The van der Waals surface area contributed by atoms with Crippen LogP contribution in [0.15, 0.2) is 42.5 Å². The minimum Gasteiger partial charge on any atom is -0.490 e. The van der Waals surface area contributed by atoms with Gasteiger partial charge in [-0.2, -0.15) is 0 Å². The normalized spacial score (nSPS) is 15.8. The maximum Gasteiger partial charge on any atom is 0.279 e. The van der Waals surface area contributed by atoms with Gasteiger partial charge in [-0.05, 0) is 31.5 Å². The van der Waals surface area contributed by atoms with E-state index in [0.29, 0.717) is 31.3 Å². The van der Waals surface area contributed by atoms with E-state index < -0.39 is 0 Å². The Kier molecular flexibility index (Phi) is 6.12. The standard InChI is InChI=1S/C21H26N2O3/c1-3-25-19-10-9-18(13-20(19)26-4-2)22-21(24)15-23-12-11-16-7-5-6-8-17(16)14-23/h5-10,13H,3-4,11-12,14-15H2,1-2H3,(H,22,24)/p+1. The summed E-state index contributed by atoms with van der Waals surface area (Å²) in [5.74, 6) is 1.38. The molecule has 0 saturated carbocycles. The second-order valence-corrected chi connectivity index (χ2v) is 6.45. The molecular formula is C21H27N2O3+. The molecule has 2 aromatic rings. The van der Waals surface area contributed by atoms with Crippen LogP contribution in [0, 0.1) is 0 Å². The van der Waals surface area contributed by atoms with E-state index in [1.165, 1.54) is 16.0 Å². The van der Waals surface area contributed by atoms with Gasteiger partial charge in [0.2, 0.25) is 0 Å². The van der Waals surface area contributed by atoms with Crippen molar-refractivity contribution in [3.8, 4) is 11.5 Å². The van der Waals surface area contributed by atoms with Crippen molar-refractivity contribution in [2.24, 2.45) is 0 Å². The van der Waals surface area contributed by atoms with E-state index in [1.807, 2.05) is 32.0 Å². The topological polar surface area (TPSA) is 52.0 Å². The van der Waals surface area contributed by atoms with Gasteiger partial charge in [0.25, 0.3) is 5.91 Å². The number of benzene rings is 2. The number of amides is 1. The van der Waals surface area contributed by atoms with E-state index in [1.54, 1.807) is 0 Å². The third kappa shape index (κ3) is 4.55. The van der Waals surface area contributed by atoms with Crippen LogP contribution in [0.2, 0.25) is 0 Å². The van der Waals surface area contributed by atoms with Crippen molar-refractivity contribution in [2.75, 3.05) is 31.6 Å². The first-order chi connectivity index (χ1) is 12.7. The second kappa shape index (κ2) is 8.72. The van der Waals surface area contributed by atoms with E-state index >= 15 is 0 Å². The number of nitrogens with one attached hydrogen (secondary N) is 2. The monoisotopic (exact) mass is 355 g/mol. The van der Waals surface area contributed by atoms with Gasteiger partial charge >= 0.3 is 0 Å². The van der Waals surface area contributed by atoms with Crippen LogP contribution in [0.25, 0.3) is 0 Å². The van der Waals surface area contributed by atoms with E-state index in [0.717, 1.165) is 25.2 Å². The number of carbonyl (C=O) groups is 1. The summed E-state index contributed by atoms with van der Waals surface area (Å²) in [5, 5.41) is 2.99. The zero-order chi connectivity index (χ0) is 18.4. The summed E-state index contributed by atoms with van der Waals surface area (Å²) in [6, 6.07) is 14.0. The third-order valence-electron chi connectivity index (χ3n) is 4.54. The number of carbonyl (C=O) groups excluding carboxylic acids is 1. The fraction of sp³-hybridized carbons (Fsp3) is 0.381. The van der Waals surface area contributed by atoms with Crippen LogP contribution < -0.4 is 19.7 Å². The van der Waals surface area contributed by atoms with Crippen molar-refractivity contribution in [3.05, 3.63) is 53.6 Å². The van der Waals surface area contributed by atoms with Gasteiger partial charge in [0.05, 0.1) is 19.8 Å². The zero-order valence-corrected chi connectivity index (χ0v) is 15.5. The number of hydrogen-bond donors (Lipinski definition) is 2. The first kappa shape index (κ1) is 18.3. The molecule has 1 aliphatic rings. The molecule has 0 aromatic heterocycles. The largest absolute Gasteiger partial charge is 0.490 e. The van der Waals surface area contributed by atoms with Crippen molar-refractivity contribution >= 4 is 11.6 Å². The highest BCUT2D eigenvalue weighted by Crippen LogP contribution is 2.30. The maximum absolute atomic E-state index is 12.5.